The van der Waals surface area contributed by atoms with Crippen LogP contribution in [0, 0.1) is 5.41 Å². The Morgan fingerprint density at radius 3 is 1.83 bits per heavy atom. The molecule has 0 saturated carbocycles. The molecule has 1 fully saturated rings. The normalized spacial score (nSPS) is 20.4. The summed E-state index contributed by atoms with van der Waals surface area (Å²) >= 11 is 0. The van der Waals surface area contributed by atoms with Gasteiger partial charge in [-0.15, -0.1) is 0 Å². The van der Waals surface area contributed by atoms with Crippen molar-refractivity contribution in [1.29, 1.82) is 0 Å². The molecule has 0 spiro atoms. The highest BCUT2D eigenvalue weighted by molar-refractivity contribution is 6.33. The third-order valence-electron chi connectivity index (χ3n) is 3.64. The minimum Gasteiger partial charge on any atom is -0.344 e. The average molecular weight is 251 g/mol. The Kier molecular flexibility index (Phi) is 5.31. The van der Waals surface area contributed by atoms with E-state index in [1.54, 1.807) is 0 Å². The molecule has 0 aromatic carbocycles. The van der Waals surface area contributed by atoms with Crippen LogP contribution in [0.1, 0.15) is 54.9 Å². The van der Waals surface area contributed by atoms with E-state index in [0.717, 1.165) is 0 Å². The first-order valence-electron chi connectivity index (χ1n) is 7.44. The third kappa shape index (κ3) is 5.32. The van der Waals surface area contributed by atoms with Crippen LogP contribution in [-0.4, -0.2) is 48.8 Å². The molecule has 1 heterocycles. The molecule has 1 aliphatic rings. The van der Waals surface area contributed by atoms with Crippen molar-refractivity contribution in [2.45, 2.75) is 66.2 Å². The van der Waals surface area contributed by atoms with Gasteiger partial charge in [0.25, 0.3) is 0 Å². The molecular formula is C15H32BN2. The van der Waals surface area contributed by atoms with Gasteiger partial charge in [0.1, 0.15) is 0 Å². The number of hydrogen-bond donors (Lipinski definition) is 0. The predicted octanol–water partition coefficient (Wildman–Crippen LogP) is 3.27. The Bertz CT molecular complexity index is 248. The number of hydrogen-bond acceptors (Lipinski definition) is 2. The Morgan fingerprint density at radius 1 is 0.944 bits per heavy atom. The highest BCUT2D eigenvalue weighted by Gasteiger charge is 2.33. The Balaban J connectivity index is 2.46. The van der Waals surface area contributed by atoms with Crippen LogP contribution in [-0.2, 0) is 0 Å². The summed E-state index contributed by atoms with van der Waals surface area (Å²) in [4.78, 5) is 5.16. The molecule has 1 rings (SSSR count). The topological polar surface area (TPSA) is 6.48 Å². The fraction of sp³-hybridized carbons (Fsp3) is 1.00. The smallest absolute Gasteiger partial charge is 0.211 e. The van der Waals surface area contributed by atoms with Crippen molar-refractivity contribution in [2.75, 3.05) is 26.2 Å². The van der Waals surface area contributed by atoms with Gasteiger partial charge in [-0.3, -0.25) is 4.90 Å². The molecule has 18 heavy (non-hydrogen) atoms. The lowest BCUT2D eigenvalue weighted by molar-refractivity contribution is 0.0476. The molecule has 0 aromatic rings. The van der Waals surface area contributed by atoms with Crippen molar-refractivity contribution >= 4 is 7.41 Å². The summed E-state index contributed by atoms with van der Waals surface area (Å²) in [5, 5.41) is 0. The van der Waals surface area contributed by atoms with E-state index in [1.807, 2.05) is 0 Å². The molecule has 0 bridgehead atoms. The van der Waals surface area contributed by atoms with Crippen molar-refractivity contribution in [3.05, 3.63) is 0 Å². The van der Waals surface area contributed by atoms with Gasteiger partial charge in [0.2, 0.25) is 7.41 Å². The van der Waals surface area contributed by atoms with Gasteiger partial charge in [0, 0.05) is 18.6 Å². The van der Waals surface area contributed by atoms with Gasteiger partial charge in [0.05, 0.1) is 0 Å². The molecule has 3 heteroatoms. The number of rotatable bonds is 4. The molecule has 0 aromatic heterocycles. The lowest BCUT2D eigenvalue weighted by Gasteiger charge is -2.46. The van der Waals surface area contributed by atoms with Gasteiger partial charge < -0.3 is 4.81 Å². The van der Waals surface area contributed by atoms with Crippen molar-refractivity contribution in [2.24, 2.45) is 5.41 Å². The summed E-state index contributed by atoms with van der Waals surface area (Å²) in [6.45, 7) is 21.1. The quantitative estimate of drug-likeness (QED) is 0.707. The summed E-state index contributed by atoms with van der Waals surface area (Å²) in [6.07, 6.45) is 1.26. The van der Waals surface area contributed by atoms with Crippen LogP contribution < -0.4 is 0 Å². The molecule has 1 saturated heterocycles. The summed E-state index contributed by atoms with van der Waals surface area (Å²) in [7, 11) is 2.38. The Morgan fingerprint density at radius 2 is 1.44 bits per heavy atom. The zero-order chi connectivity index (χ0) is 14.0. The molecule has 0 unspecified atom stereocenters. The van der Waals surface area contributed by atoms with Crippen LogP contribution in [0.2, 0.25) is 5.82 Å². The maximum Gasteiger partial charge on any atom is 0.211 e. The van der Waals surface area contributed by atoms with Gasteiger partial charge in [0.15, 0.2) is 0 Å². The van der Waals surface area contributed by atoms with Crippen LogP contribution in [0.5, 0.6) is 0 Å². The maximum absolute atomic E-state index is 2.67. The first-order chi connectivity index (χ1) is 8.10. The number of nitrogens with zero attached hydrogens (tertiary/aromatic N) is 2. The number of piperazine rings is 1. The van der Waals surface area contributed by atoms with Gasteiger partial charge in [-0.2, -0.15) is 0 Å². The second kappa shape index (κ2) is 5.96. The molecule has 105 valence electrons. The fourth-order valence-corrected chi connectivity index (χ4v) is 3.31. The second-order valence-corrected chi connectivity index (χ2v) is 7.97. The summed E-state index contributed by atoms with van der Waals surface area (Å²) < 4.78 is 0. The van der Waals surface area contributed by atoms with Crippen LogP contribution in [0.4, 0.5) is 0 Å². The Labute approximate surface area is 115 Å². The minimum absolute atomic E-state index is 0.322. The zero-order valence-electron chi connectivity index (χ0n) is 13.6. The van der Waals surface area contributed by atoms with E-state index in [9.17, 15) is 0 Å². The van der Waals surface area contributed by atoms with Crippen molar-refractivity contribution in [3.8, 4) is 0 Å². The standard InChI is InChI=1S/C15H32BN2/c1-13(2)16-18-10-8-17(9-11-18)15(6,7)12-14(3,4)5/h13H,8-12H2,1-7H3. The van der Waals surface area contributed by atoms with E-state index >= 15 is 0 Å². The molecule has 2 nitrogen and oxygen atoms in total. The molecule has 0 amide bonds. The second-order valence-electron chi connectivity index (χ2n) is 7.97. The lowest BCUT2D eigenvalue weighted by atomic mass is 9.75. The maximum atomic E-state index is 2.67. The van der Waals surface area contributed by atoms with E-state index in [-0.39, 0.29) is 0 Å². The Hall–Kier alpha value is -0.0151. The largest absolute Gasteiger partial charge is 0.344 e. The van der Waals surface area contributed by atoms with Gasteiger partial charge in [-0.1, -0.05) is 40.4 Å². The summed E-state index contributed by atoms with van der Waals surface area (Å²) in [6, 6.07) is 0. The van der Waals surface area contributed by atoms with Crippen LogP contribution in [0.3, 0.4) is 0 Å². The molecule has 1 radical (unpaired) electrons. The van der Waals surface area contributed by atoms with E-state index in [2.05, 4.69) is 65.6 Å². The fourth-order valence-electron chi connectivity index (χ4n) is 3.31. The monoisotopic (exact) mass is 251 g/mol. The van der Waals surface area contributed by atoms with Crippen molar-refractivity contribution in [1.82, 2.24) is 9.71 Å². The molecule has 0 N–H and O–H groups in total. The minimum atomic E-state index is 0.322. The summed E-state index contributed by atoms with van der Waals surface area (Å²) in [5.41, 5.74) is 0.729. The van der Waals surface area contributed by atoms with Crippen molar-refractivity contribution < 1.29 is 0 Å². The SMILES string of the molecule is CC(C)[B]N1CCN(C(C)(C)CC(C)(C)C)CC1. The van der Waals surface area contributed by atoms with Gasteiger partial charge in [-0.05, 0) is 38.8 Å². The lowest BCUT2D eigenvalue weighted by Crippen LogP contribution is -2.56. The third-order valence-corrected chi connectivity index (χ3v) is 3.64. The summed E-state index contributed by atoms with van der Waals surface area (Å²) in [5.74, 6) is 0.666. The average Bonchev–Trinajstić information content (AvgIpc) is 2.13. The van der Waals surface area contributed by atoms with Gasteiger partial charge in [-0.25, -0.2) is 0 Å². The highest BCUT2D eigenvalue weighted by atomic mass is 15.3. The molecular weight excluding hydrogens is 219 g/mol. The van der Waals surface area contributed by atoms with Crippen LogP contribution in [0.25, 0.3) is 0 Å². The van der Waals surface area contributed by atoms with E-state index < -0.39 is 0 Å². The zero-order valence-corrected chi connectivity index (χ0v) is 13.6. The van der Waals surface area contributed by atoms with Gasteiger partial charge >= 0.3 is 0 Å². The van der Waals surface area contributed by atoms with Crippen LogP contribution in [0.15, 0.2) is 0 Å². The predicted molar refractivity (Wildman–Crippen MR) is 82.1 cm³/mol. The molecule has 0 atom stereocenters. The molecule has 0 aliphatic carbocycles. The molecule has 1 aliphatic heterocycles. The first kappa shape index (κ1) is 16.0. The van der Waals surface area contributed by atoms with Crippen LogP contribution >= 0.6 is 0 Å². The van der Waals surface area contributed by atoms with E-state index in [4.69, 9.17) is 0 Å². The van der Waals surface area contributed by atoms with E-state index in [0.29, 0.717) is 16.8 Å². The first-order valence-corrected chi connectivity index (χ1v) is 7.44. The highest BCUT2D eigenvalue weighted by Crippen LogP contribution is 2.31. The van der Waals surface area contributed by atoms with Crippen molar-refractivity contribution in [3.63, 3.8) is 0 Å². The van der Waals surface area contributed by atoms with E-state index in [1.165, 1.54) is 32.6 Å².